The van der Waals surface area contributed by atoms with Gasteiger partial charge in [0.15, 0.2) is 5.65 Å². The minimum Gasteiger partial charge on any atom is -0.478 e. The zero-order chi connectivity index (χ0) is 25.4. The van der Waals surface area contributed by atoms with Gasteiger partial charge in [0.05, 0.1) is 30.3 Å². The average Bonchev–Trinajstić information content (AvgIpc) is 3.26. The van der Waals surface area contributed by atoms with E-state index in [1.807, 2.05) is 48.5 Å². The topological polar surface area (TPSA) is 123 Å². The summed E-state index contributed by atoms with van der Waals surface area (Å²) in [7, 11) is 1.38. The van der Waals surface area contributed by atoms with E-state index in [1.54, 1.807) is 16.8 Å². The maximum atomic E-state index is 13.4. The second-order valence-electron chi connectivity index (χ2n) is 8.44. The number of nitriles is 1. The number of carbonyl (C=O) groups is 1. The lowest BCUT2D eigenvalue weighted by molar-refractivity contribution is 0.0697. The first-order valence-electron chi connectivity index (χ1n) is 11.3. The minimum atomic E-state index is -1.10. The maximum Gasteiger partial charge on any atom is 0.335 e. The van der Waals surface area contributed by atoms with Gasteiger partial charge < -0.3 is 5.11 Å². The predicted octanol–water partition coefficient (Wildman–Crippen LogP) is 3.38. The van der Waals surface area contributed by atoms with Gasteiger partial charge in [0, 0.05) is 19.2 Å². The first-order chi connectivity index (χ1) is 17.4. The molecule has 36 heavy (non-hydrogen) atoms. The van der Waals surface area contributed by atoms with E-state index in [-0.39, 0.29) is 36.1 Å². The second-order valence-corrected chi connectivity index (χ2v) is 8.44. The van der Waals surface area contributed by atoms with E-state index in [2.05, 4.69) is 0 Å². The van der Waals surface area contributed by atoms with E-state index in [4.69, 9.17) is 10.4 Å². The summed E-state index contributed by atoms with van der Waals surface area (Å²) in [5.74, 6) is -1.10. The molecule has 0 amide bonds. The van der Waals surface area contributed by atoms with E-state index in [1.165, 1.54) is 23.7 Å². The van der Waals surface area contributed by atoms with Gasteiger partial charge in [0.1, 0.15) is 5.39 Å². The summed E-state index contributed by atoms with van der Waals surface area (Å²) < 4.78 is 3.95. The minimum absolute atomic E-state index is 0.0627. The van der Waals surface area contributed by atoms with Gasteiger partial charge >= 0.3 is 11.7 Å². The first-order valence-corrected chi connectivity index (χ1v) is 11.3. The lowest BCUT2D eigenvalue weighted by Gasteiger charge is -2.11. The van der Waals surface area contributed by atoms with Crippen LogP contribution in [-0.4, -0.2) is 30.0 Å². The van der Waals surface area contributed by atoms with Gasteiger partial charge in [0.2, 0.25) is 0 Å². The molecule has 9 heteroatoms. The summed E-state index contributed by atoms with van der Waals surface area (Å²) in [5, 5.41) is 25.6. The van der Waals surface area contributed by atoms with Crippen molar-refractivity contribution in [2.45, 2.75) is 19.5 Å². The van der Waals surface area contributed by atoms with Crippen molar-refractivity contribution in [2.24, 2.45) is 7.05 Å². The zero-order valence-corrected chi connectivity index (χ0v) is 19.4. The van der Waals surface area contributed by atoms with Crippen LogP contribution in [0.5, 0.6) is 0 Å². The predicted molar refractivity (Wildman–Crippen MR) is 135 cm³/mol. The molecule has 5 aromatic rings. The molecule has 0 aliphatic carbocycles. The molecule has 0 spiro atoms. The van der Waals surface area contributed by atoms with Crippen molar-refractivity contribution in [2.75, 3.05) is 0 Å². The Balaban J connectivity index is 1.85. The van der Waals surface area contributed by atoms with E-state index in [0.717, 1.165) is 20.9 Å². The Bertz CT molecular complexity index is 1820. The van der Waals surface area contributed by atoms with Crippen molar-refractivity contribution >= 4 is 27.8 Å². The number of carboxylic acid groups (broad SMARTS) is 1. The molecule has 178 valence electrons. The first kappa shape index (κ1) is 22.8. The summed E-state index contributed by atoms with van der Waals surface area (Å²) in [4.78, 5) is 38.0. The number of aryl methyl sites for hydroxylation is 1. The quantitative estimate of drug-likeness (QED) is 0.398. The third-order valence-electron chi connectivity index (χ3n) is 6.26. The van der Waals surface area contributed by atoms with Crippen LogP contribution in [-0.2, 0) is 20.1 Å². The molecule has 2 heterocycles. The number of aromatic nitrogens is 4. The number of fused-ring (bicyclic) bond motifs is 2. The van der Waals surface area contributed by atoms with Gasteiger partial charge in [-0.05, 0) is 28.5 Å². The summed E-state index contributed by atoms with van der Waals surface area (Å²) in [6.45, 7) is 0.345. The highest BCUT2D eigenvalue weighted by Gasteiger charge is 2.23. The number of rotatable bonds is 6. The smallest absolute Gasteiger partial charge is 0.335 e. The molecule has 0 radical (unpaired) electrons. The molecule has 0 atom stereocenters. The molecule has 0 fully saturated rings. The Morgan fingerprint density at radius 1 is 1.06 bits per heavy atom. The normalized spacial score (nSPS) is 11.1. The van der Waals surface area contributed by atoms with Gasteiger partial charge in [-0.1, -0.05) is 54.6 Å². The summed E-state index contributed by atoms with van der Waals surface area (Å²) >= 11 is 0. The number of carboxylic acids is 1. The van der Waals surface area contributed by atoms with Gasteiger partial charge in [0.25, 0.3) is 5.56 Å². The monoisotopic (exact) mass is 479 g/mol. The summed E-state index contributed by atoms with van der Waals surface area (Å²) in [6.07, 6.45) is 0.0627. The van der Waals surface area contributed by atoms with Crippen molar-refractivity contribution in [1.82, 2.24) is 18.9 Å². The summed E-state index contributed by atoms with van der Waals surface area (Å²) in [6, 6.07) is 22.1. The highest BCUT2D eigenvalue weighted by molar-refractivity contribution is 5.94. The van der Waals surface area contributed by atoms with E-state index in [0.29, 0.717) is 11.3 Å². The van der Waals surface area contributed by atoms with Crippen LogP contribution in [0.3, 0.4) is 0 Å². The molecule has 0 unspecified atom stereocenters. The fourth-order valence-corrected chi connectivity index (χ4v) is 4.52. The highest BCUT2D eigenvalue weighted by atomic mass is 16.4. The number of benzene rings is 3. The van der Waals surface area contributed by atoms with Crippen LogP contribution in [0.25, 0.3) is 33.1 Å². The van der Waals surface area contributed by atoms with Crippen molar-refractivity contribution in [1.29, 1.82) is 5.26 Å². The van der Waals surface area contributed by atoms with Crippen molar-refractivity contribution in [3.05, 3.63) is 98.7 Å². The number of hydrogen-bond acceptors (Lipinski definition) is 5. The lowest BCUT2D eigenvalue weighted by Crippen LogP contribution is -2.38. The van der Waals surface area contributed by atoms with Gasteiger partial charge in [-0.3, -0.25) is 18.6 Å². The third-order valence-corrected chi connectivity index (χ3v) is 6.26. The van der Waals surface area contributed by atoms with Gasteiger partial charge in [-0.25, -0.2) is 9.59 Å². The van der Waals surface area contributed by atoms with Crippen LogP contribution in [0.15, 0.2) is 76.3 Å². The summed E-state index contributed by atoms with van der Waals surface area (Å²) in [5.41, 5.74) is 0.959. The van der Waals surface area contributed by atoms with Crippen LogP contribution in [0.2, 0.25) is 0 Å². The van der Waals surface area contributed by atoms with Crippen LogP contribution < -0.4 is 11.2 Å². The molecule has 0 aliphatic rings. The second kappa shape index (κ2) is 9.00. The van der Waals surface area contributed by atoms with Crippen LogP contribution in [0.1, 0.15) is 22.3 Å². The Morgan fingerprint density at radius 3 is 2.58 bits per heavy atom. The standard InChI is InChI=1S/C27H21N5O4/c1-30-25(33)22-23(18-9-5-10-19(15-18)26(34)35)32(29-24(22)31(27(30)36)14-6-13-28)16-20-11-4-8-17-7-2-3-12-21(17)20/h2-5,7-12,15H,6,14,16H2,1H3,(H,34,35). The molecule has 9 nitrogen and oxygen atoms in total. The number of aromatic carboxylic acids is 1. The molecule has 0 saturated heterocycles. The molecular formula is C27H21N5O4. The SMILES string of the molecule is Cn1c(=O)c2c(-c3cccc(C(=O)O)c3)n(Cc3cccc4ccccc34)nc2n(CCC#N)c1=O. The molecule has 0 bridgehead atoms. The van der Waals surface area contributed by atoms with Crippen molar-refractivity contribution < 1.29 is 9.90 Å². The molecule has 1 N–H and O–H groups in total. The van der Waals surface area contributed by atoms with E-state index >= 15 is 0 Å². The number of hydrogen-bond donors (Lipinski definition) is 1. The lowest BCUT2D eigenvalue weighted by atomic mass is 10.0. The molecule has 2 aromatic heterocycles. The van der Waals surface area contributed by atoms with Crippen LogP contribution in [0.4, 0.5) is 0 Å². The Labute approximate surface area is 204 Å². The van der Waals surface area contributed by atoms with Gasteiger partial charge in [-0.15, -0.1) is 0 Å². The molecule has 5 rings (SSSR count). The van der Waals surface area contributed by atoms with Crippen LogP contribution >= 0.6 is 0 Å². The van der Waals surface area contributed by atoms with Crippen molar-refractivity contribution in [3.63, 3.8) is 0 Å². The zero-order valence-electron chi connectivity index (χ0n) is 19.4. The maximum absolute atomic E-state index is 13.4. The average molecular weight is 479 g/mol. The van der Waals surface area contributed by atoms with Crippen LogP contribution in [0, 0.1) is 11.3 Å². The fourth-order valence-electron chi connectivity index (χ4n) is 4.52. The molecule has 0 saturated carbocycles. The Hall–Kier alpha value is -4.97. The highest BCUT2D eigenvalue weighted by Crippen LogP contribution is 2.29. The Kier molecular flexibility index (Phi) is 5.70. The molecule has 0 aliphatic heterocycles. The van der Waals surface area contributed by atoms with E-state index < -0.39 is 17.2 Å². The molecular weight excluding hydrogens is 458 g/mol. The van der Waals surface area contributed by atoms with Crippen molar-refractivity contribution in [3.8, 4) is 17.3 Å². The third kappa shape index (κ3) is 3.75. The van der Waals surface area contributed by atoms with Gasteiger partial charge in [-0.2, -0.15) is 10.4 Å². The fraction of sp³-hybridized carbons (Fsp3) is 0.148. The van der Waals surface area contributed by atoms with E-state index in [9.17, 15) is 19.5 Å². The number of nitrogens with zero attached hydrogens (tertiary/aromatic N) is 5. The molecule has 3 aromatic carbocycles. The largest absolute Gasteiger partial charge is 0.478 e. The Morgan fingerprint density at radius 2 is 1.81 bits per heavy atom.